The van der Waals surface area contributed by atoms with Gasteiger partial charge in [0.1, 0.15) is 0 Å². The van der Waals surface area contributed by atoms with Crippen molar-refractivity contribution in [2.24, 2.45) is 0 Å². The largest absolute Gasteiger partial charge is 0.416 e. The van der Waals surface area contributed by atoms with Gasteiger partial charge in [0.15, 0.2) is 0 Å². The van der Waals surface area contributed by atoms with E-state index in [1.165, 1.54) is 12.1 Å². The molecule has 0 radical (unpaired) electrons. The monoisotopic (exact) mass is 394 g/mol. The maximum atomic E-state index is 13.1. The molecular formula is C22H17F3N4. The molecule has 0 saturated carbocycles. The molecule has 29 heavy (non-hydrogen) atoms. The van der Waals surface area contributed by atoms with Gasteiger partial charge in [-0.2, -0.15) is 23.5 Å². The summed E-state index contributed by atoms with van der Waals surface area (Å²) in [7, 11) is 0. The highest BCUT2D eigenvalue weighted by Crippen LogP contribution is 2.37. The molecule has 2 heterocycles. The first kappa shape index (κ1) is 18.8. The highest BCUT2D eigenvalue weighted by Gasteiger charge is 2.32. The van der Waals surface area contributed by atoms with Crippen LogP contribution in [0.5, 0.6) is 0 Å². The average Bonchev–Trinajstić information content (AvgIpc) is 3.34. The lowest BCUT2D eigenvalue weighted by Crippen LogP contribution is -2.17. The van der Waals surface area contributed by atoms with Gasteiger partial charge in [-0.15, -0.1) is 0 Å². The van der Waals surface area contributed by atoms with Crippen LogP contribution in [0.25, 0.3) is 11.3 Å². The van der Waals surface area contributed by atoms with E-state index < -0.39 is 11.7 Å². The predicted octanol–water partition coefficient (Wildman–Crippen LogP) is 5.40. The van der Waals surface area contributed by atoms with Gasteiger partial charge in [-0.3, -0.25) is 0 Å². The topological polar surface area (TPSA) is 44.9 Å². The Morgan fingerprint density at radius 2 is 1.79 bits per heavy atom. The molecule has 0 spiro atoms. The fourth-order valence-corrected chi connectivity index (χ4v) is 3.64. The summed E-state index contributed by atoms with van der Waals surface area (Å²) in [6.07, 6.45) is -1.98. The predicted molar refractivity (Wildman–Crippen MR) is 104 cm³/mol. The Balaban J connectivity index is 1.70. The second kappa shape index (κ2) is 7.13. The molecule has 4 rings (SSSR count). The van der Waals surface area contributed by atoms with Gasteiger partial charge in [0.25, 0.3) is 0 Å². The lowest BCUT2D eigenvalue weighted by Gasteiger charge is -2.21. The summed E-state index contributed by atoms with van der Waals surface area (Å²) >= 11 is 0. The minimum Gasteiger partial charge on any atom is -0.345 e. The van der Waals surface area contributed by atoms with Crippen molar-refractivity contribution >= 4 is 11.3 Å². The zero-order valence-corrected chi connectivity index (χ0v) is 15.6. The second-order valence-corrected chi connectivity index (χ2v) is 6.80. The normalized spacial score (nSPS) is 14.4. The van der Waals surface area contributed by atoms with Crippen LogP contribution in [0.2, 0.25) is 0 Å². The first-order valence-corrected chi connectivity index (χ1v) is 9.08. The van der Waals surface area contributed by atoms with Crippen LogP contribution in [0.4, 0.5) is 18.9 Å². The van der Waals surface area contributed by atoms with Crippen molar-refractivity contribution in [3.8, 4) is 11.8 Å². The number of aromatic nitrogens is 2. The third-order valence-corrected chi connectivity index (χ3v) is 5.11. The van der Waals surface area contributed by atoms with Crippen LogP contribution >= 0.6 is 0 Å². The van der Waals surface area contributed by atoms with Crippen LogP contribution in [0.1, 0.15) is 30.2 Å². The lowest BCUT2D eigenvalue weighted by atomic mass is 10.1. The van der Waals surface area contributed by atoms with Gasteiger partial charge in [-0.1, -0.05) is 6.07 Å². The minimum absolute atomic E-state index is 0.525. The van der Waals surface area contributed by atoms with Crippen LogP contribution in [0.3, 0.4) is 0 Å². The molecule has 1 aliphatic heterocycles. The fourth-order valence-electron chi connectivity index (χ4n) is 3.64. The Hall–Kier alpha value is -3.53. The lowest BCUT2D eigenvalue weighted by molar-refractivity contribution is -0.137. The molecule has 1 aliphatic rings. The number of hydrogen-bond donors (Lipinski definition) is 0. The van der Waals surface area contributed by atoms with Crippen molar-refractivity contribution in [2.45, 2.75) is 19.5 Å². The van der Waals surface area contributed by atoms with E-state index in [2.05, 4.69) is 11.2 Å². The number of hydrogen-bond acceptors (Lipinski definition) is 3. The molecular weight excluding hydrogens is 377 g/mol. The number of allylic oxidation sites excluding steroid dienone is 1. The number of nitrogens with zero attached hydrogens (tertiary/aromatic N) is 4. The zero-order valence-electron chi connectivity index (χ0n) is 15.6. The molecule has 146 valence electrons. The number of nitriles is 1. The standard InChI is InChI=1S/C22H17F3N4/c1-15-20(10-12-28(15)19-4-2-3-17(13-19)22(23,24)25)21-9-11-27-29(21)18-7-5-16(14-26)6-8-18/h2-9,11,13H,10,12H2,1H3. The van der Waals surface area contributed by atoms with Gasteiger partial charge < -0.3 is 4.90 Å². The Morgan fingerprint density at radius 1 is 1.03 bits per heavy atom. The first-order valence-electron chi connectivity index (χ1n) is 9.08. The van der Waals surface area contributed by atoms with Crippen molar-refractivity contribution < 1.29 is 13.2 Å². The van der Waals surface area contributed by atoms with Crippen molar-refractivity contribution in [1.82, 2.24) is 9.78 Å². The summed E-state index contributed by atoms with van der Waals surface area (Å²) in [6, 6.07) is 16.5. The highest BCUT2D eigenvalue weighted by molar-refractivity contribution is 5.76. The van der Waals surface area contributed by atoms with E-state index in [4.69, 9.17) is 5.26 Å². The van der Waals surface area contributed by atoms with Crippen LogP contribution in [-0.2, 0) is 6.18 Å². The van der Waals surface area contributed by atoms with Crippen molar-refractivity contribution in [3.63, 3.8) is 0 Å². The molecule has 3 aromatic rings. The SMILES string of the molecule is CC1=C(c2ccnn2-c2ccc(C#N)cc2)CCN1c1cccc(C(F)(F)F)c1. The summed E-state index contributed by atoms with van der Waals surface area (Å²) in [5.74, 6) is 0. The van der Waals surface area contributed by atoms with Gasteiger partial charge in [-0.05, 0) is 67.4 Å². The van der Waals surface area contributed by atoms with E-state index in [1.807, 2.05) is 30.0 Å². The molecule has 0 saturated heterocycles. The quantitative estimate of drug-likeness (QED) is 0.597. The molecule has 0 amide bonds. The van der Waals surface area contributed by atoms with Crippen LogP contribution < -0.4 is 4.90 Å². The molecule has 2 aromatic carbocycles. The van der Waals surface area contributed by atoms with Crippen molar-refractivity contribution in [3.05, 3.63) is 83.3 Å². The van der Waals surface area contributed by atoms with E-state index >= 15 is 0 Å². The molecule has 4 nitrogen and oxygen atoms in total. The summed E-state index contributed by atoms with van der Waals surface area (Å²) in [6.45, 7) is 2.51. The third-order valence-electron chi connectivity index (χ3n) is 5.11. The van der Waals surface area contributed by atoms with Gasteiger partial charge in [0, 0.05) is 17.9 Å². The first-order chi connectivity index (χ1) is 13.9. The van der Waals surface area contributed by atoms with E-state index in [-0.39, 0.29) is 0 Å². The van der Waals surface area contributed by atoms with E-state index in [0.29, 0.717) is 24.2 Å². The fraction of sp³-hybridized carbons (Fsp3) is 0.182. The van der Waals surface area contributed by atoms with Crippen LogP contribution in [-0.4, -0.2) is 16.3 Å². The van der Waals surface area contributed by atoms with Gasteiger partial charge >= 0.3 is 6.18 Å². The third kappa shape index (κ3) is 3.49. The molecule has 0 atom stereocenters. The highest BCUT2D eigenvalue weighted by atomic mass is 19.4. The molecule has 7 heteroatoms. The molecule has 0 unspecified atom stereocenters. The van der Waals surface area contributed by atoms with Gasteiger partial charge in [0.05, 0.1) is 34.8 Å². The van der Waals surface area contributed by atoms with Crippen molar-refractivity contribution in [2.75, 3.05) is 11.4 Å². The zero-order chi connectivity index (χ0) is 20.6. The summed E-state index contributed by atoms with van der Waals surface area (Å²) in [4.78, 5) is 1.90. The average molecular weight is 394 g/mol. The maximum absolute atomic E-state index is 13.1. The number of rotatable bonds is 3. The summed E-state index contributed by atoms with van der Waals surface area (Å²) in [5, 5.41) is 13.4. The second-order valence-electron chi connectivity index (χ2n) is 6.80. The van der Waals surface area contributed by atoms with Gasteiger partial charge in [0.2, 0.25) is 0 Å². The Kier molecular flexibility index (Phi) is 4.63. The Bertz CT molecular complexity index is 1120. The smallest absolute Gasteiger partial charge is 0.345 e. The maximum Gasteiger partial charge on any atom is 0.416 e. The number of halogens is 3. The van der Waals surface area contributed by atoms with Crippen LogP contribution in [0, 0.1) is 11.3 Å². The van der Waals surface area contributed by atoms with Gasteiger partial charge in [-0.25, -0.2) is 4.68 Å². The molecule has 1 aromatic heterocycles. The molecule has 0 bridgehead atoms. The van der Waals surface area contributed by atoms with Crippen molar-refractivity contribution in [1.29, 1.82) is 5.26 Å². The summed E-state index contributed by atoms with van der Waals surface area (Å²) in [5.41, 5.74) is 4.08. The minimum atomic E-state index is -4.37. The molecule has 0 N–H and O–H groups in total. The number of alkyl halides is 3. The van der Waals surface area contributed by atoms with E-state index in [1.54, 1.807) is 29.1 Å². The summed E-state index contributed by atoms with van der Waals surface area (Å²) < 4.78 is 41.0. The molecule has 0 fully saturated rings. The van der Waals surface area contributed by atoms with Crippen LogP contribution in [0.15, 0.2) is 66.5 Å². The van der Waals surface area contributed by atoms with E-state index in [0.717, 1.165) is 28.7 Å². The Labute approximate surface area is 166 Å². The number of anilines is 1. The number of benzene rings is 2. The Morgan fingerprint density at radius 3 is 2.48 bits per heavy atom. The van der Waals surface area contributed by atoms with E-state index in [9.17, 15) is 13.2 Å². The molecule has 0 aliphatic carbocycles.